The standard InChI is InChI=1S/C28H33N3O6/c1-17-12-25(35-2)23(22-9-11-31(26(17)22)28(33)34)14-30-10-8-20(29-21-15-37-16-21)13-24(30)18-4-6-19(7-5-18)27(32)36-3/h4-7,9,11-12,20-21,24,29H,8,10,13-16H2,1-3H3,(H,33,34)/t20-,24-/m1/s1. The molecule has 196 valence electrons. The van der Waals surface area contributed by atoms with E-state index in [2.05, 4.69) is 10.2 Å². The Balaban J connectivity index is 1.49. The van der Waals surface area contributed by atoms with Gasteiger partial charge < -0.3 is 24.6 Å². The van der Waals surface area contributed by atoms with Gasteiger partial charge in [0.2, 0.25) is 0 Å². The molecular formula is C28H33N3O6. The third-order valence-corrected chi connectivity index (χ3v) is 7.56. The van der Waals surface area contributed by atoms with Gasteiger partial charge in [-0.2, -0.15) is 0 Å². The fourth-order valence-corrected chi connectivity index (χ4v) is 5.60. The topological polar surface area (TPSA) is 102 Å². The van der Waals surface area contributed by atoms with Crippen LogP contribution in [-0.2, 0) is 16.0 Å². The average molecular weight is 508 g/mol. The molecule has 9 heteroatoms. The molecule has 0 radical (unpaired) electrons. The number of methoxy groups -OCH3 is 2. The maximum Gasteiger partial charge on any atom is 0.416 e. The van der Waals surface area contributed by atoms with Gasteiger partial charge >= 0.3 is 12.1 Å². The number of carbonyl (C=O) groups is 2. The number of hydrogen-bond acceptors (Lipinski definition) is 7. The number of esters is 1. The van der Waals surface area contributed by atoms with E-state index in [1.165, 1.54) is 11.7 Å². The molecule has 0 spiro atoms. The van der Waals surface area contributed by atoms with Crippen molar-refractivity contribution in [2.24, 2.45) is 0 Å². The lowest BCUT2D eigenvalue weighted by Gasteiger charge is -2.42. The van der Waals surface area contributed by atoms with E-state index in [9.17, 15) is 14.7 Å². The number of likely N-dealkylation sites (tertiary alicyclic amines) is 1. The minimum atomic E-state index is -1.01. The summed E-state index contributed by atoms with van der Waals surface area (Å²) in [5, 5.41) is 14.3. The number of carbonyl (C=O) groups excluding carboxylic acids is 1. The second-order valence-corrected chi connectivity index (χ2v) is 9.83. The molecule has 0 saturated carbocycles. The molecule has 37 heavy (non-hydrogen) atoms. The first-order valence-corrected chi connectivity index (χ1v) is 12.6. The van der Waals surface area contributed by atoms with Crippen molar-refractivity contribution in [2.75, 3.05) is 34.0 Å². The molecule has 9 nitrogen and oxygen atoms in total. The zero-order chi connectivity index (χ0) is 26.1. The highest BCUT2D eigenvalue weighted by Gasteiger charge is 2.33. The first-order valence-electron chi connectivity index (χ1n) is 12.6. The molecule has 2 saturated heterocycles. The van der Waals surface area contributed by atoms with Crippen LogP contribution in [0, 0.1) is 6.92 Å². The van der Waals surface area contributed by atoms with Crippen LogP contribution >= 0.6 is 0 Å². The Morgan fingerprint density at radius 1 is 1.14 bits per heavy atom. The van der Waals surface area contributed by atoms with E-state index in [4.69, 9.17) is 14.2 Å². The lowest BCUT2D eigenvalue weighted by atomic mass is 9.89. The van der Waals surface area contributed by atoms with Gasteiger partial charge in [0.05, 0.1) is 44.6 Å². The van der Waals surface area contributed by atoms with Crippen molar-refractivity contribution < 1.29 is 28.9 Å². The van der Waals surface area contributed by atoms with Crippen molar-refractivity contribution in [3.8, 4) is 5.75 Å². The van der Waals surface area contributed by atoms with Crippen LogP contribution in [0.2, 0.25) is 0 Å². The number of carboxylic acid groups (broad SMARTS) is 1. The number of hydrogen-bond donors (Lipinski definition) is 2. The zero-order valence-electron chi connectivity index (χ0n) is 21.4. The molecule has 2 aliphatic heterocycles. The number of benzene rings is 2. The van der Waals surface area contributed by atoms with E-state index < -0.39 is 6.09 Å². The maximum atomic E-state index is 12.0. The van der Waals surface area contributed by atoms with Gasteiger partial charge in [-0.25, -0.2) is 9.59 Å². The van der Waals surface area contributed by atoms with Gasteiger partial charge in [0, 0.05) is 42.3 Å². The second-order valence-electron chi connectivity index (χ2n) is 9.83. The zero-order valence-corrected chi connectivity index (χ0v) is 21.4. The van der Waals surface area contributed by atoms with Crippen LogP contribution in [0.4, 0.5) is 4.79 Å². The molecule has 3 heterocycles. The van der Waals surface area contributed by atoms with Crippen LogP contribution in [0.1, 0.15) is 45.9 Å². The third kappa shape index (κ3) is 4.94. The summed E-state index contributed by atoms with van der Waals surface area (Å²) in [5.74, 6) is 0.395. The SMILES string of the molecule is COC(=O)c1ccc([C@H]2C[C@H](NC3COC3)CCN2Cc2c(OC)cc(C)c3c2ccn3C(=O)O)cc1. The fourth-order valence-electron chi connectivity index (χ4n) is 5.60. The van der Waals surface area contributed by atoms with Gasteiger partial charge in [-0.1, -0.05) is 12.1 Å². The van der Waals surface area contributed by atoms with Gasteiger partial charge in [0.25, 0.3) is 0 Å². The summed E-state index contributed by atoms with van der Waals surface area (Å²) >= 11 is 0. The Bertz CT molecular complexity index is 1300. The predicted molar refractivity (Wildman–Crippen MR) is 138 cm³/mol. The summed E-state index contributed by atoms with van der Waals surface area (Å²) in [7, 11) is 3.03. The minimum absolute atomic E-state index is 0.0987. The Hall–Kier alpha value is -3.40. The summed E-state index contributed by atoms with van der Waals surface area (Å²) in [5.41, 5.74) is 4.15. The number of aryl methyl sites for hydroxylation is 1. The van der Waals surface area contributed by atoms with Crippen LogP contribution in [0.15, 0.2) is 42.6 Å². The molecule has 0 unspecified atom stereocenters. The predicted octanol–water partition coefficient (Wildman–Crippen LogP) is 3.97. The summed E-state index contributed by atoms with van der Waals surface area (Å²) in [6.07, 6.45) is 2.48. The normalized spacial score (nSPS) is 20.5. The number of rotatable bonds is 7. The molecule has 1 aromatic heterocycles. The largest absolute Gasteiger partial charge is 0.496 e. The number of aromatic nitrogens is 1. The van der Waals surface area contributed by atoms with Gasteiger partial charge in [0.15, 0.2) is 0 Å². The lowest BCUT2D eigenvalue weighted by molar-refractivity contribution is -0.0168. The smallest absolute Gasteiger partial charge is 0.416 e. The molecular weight excluding hydrogens is 474 g/mol. The van der Waals surface area contributed by atoms with Gasteiger partial charge in [-0.05, 0) is 55.2 Å². The molecule has 5 rings (SSSR count). The number of fused-ring (bicyclic) bond motifs is 1. The molecule has 2 N–H and O–H groups in total. The monoisotopic (exact) mass is 507 g/mol. The summed E-state index contributed by atoms with van der Waals surface area (Å²) in [6.45, 7) is 4.86. The van der Waals surface area contributed by atoms with Crippen molar-refractivity contribution >= 4 is 23.0 Å². The van der Waals surface area contributed by atoms with Gasteiger partial charge in [-0.3, -0.25) is 9.47 Å². The van der Waals surface area contributed by atoms with E-state index in [-0.39, 0.29) is 12.0 Å². The number of nitrogens with one attached hydrogen (secondary N) is 1. The fraction of sp³-hybridized carbons (Fsp3) is 0.429. The molecule has 2 aliphatic rings. The Morgan fingerprint density at radius 3 is 2.51 bits per heavy atom. The molecule has 0 bridgehead atoms. The molecule has 2 aromatic carbocycles. The Labute approximate surface area is 215 Å². The molecule has 2 atom stereocenters. The van der Waals surface area contributed by atoms with E-state index in [0.29, 0.717) is 29.7 Å². The Morgan fingerprint density at radius 2 is 1.89 bits per heavy atom. The first-order chi connectivity index (χ1) is 17.9. The first kappa shape index (κ1) is 25.3. The van der Waals surface area contributed by atoms with Crippen LogP contribution in [0.3, 0.4) is 0 Å². The lowest BCUT2D eigenvalue weighted by Crippen LogP contribution is -2.53. The number of piperidine rings is 1. The van der Waals surface area contributed by atoms with Gasteiger partial charge in [0.1, 0.15) is 5.75 Å². The van der Waals surface area contributed by atoms with Crippen molar-refractivity contribution in [3.05, 3.63) is 64.8 Å². The molecule has 0 aliphatic carbocycles. The summed E-state index contributed by atoms with van der Waals surface area (Å²) < 4.78 is 17.3. The van der Waals surface area contributed by atoms with Crippen molar-refractivity contribution in [1.29, 1.82) is 0 Å². The molecule has 0 amide bonds. The van der Waals surface area contributed by atoms with Crippen LogP contribution in [0.25, 0.3) is 10.9 Å². The van der Waals surface area contributed by atoms with E-state index >= 15 is 0 Å². The van der Waals surface area contributed by atoms with Crippen molar-refractivity contribution in [3.63, 3.8) is 0 Å². The van der Waals surface area contributed by atoms with E-state index in [1.54, 1.807) is 13.3 Å². The Kier molecular flexibility index (Phi) is 7.19. The minimum Gasteiger partial charge on any atom is -0.496 e. The van der Waals surface area contributed by atoms with E-state index in [1.807, 2.05) is 43.3 Å². The van der Waals surface area contributed by atoms with Crippen LogP contribution in [0.5, 0.6) is 5.75 Å². The summed E-state index contributed by atoms with van der Waals surface area (Å²) in [4.78, 5) is 26.2. The highest BCUT2D eigenvalue weighted by atomic mass is 16.5. The summed E-state index contributed by atoms with van der Waals surface area (Å²) in [6, 6.07) is 12.3. The highest BCUT2D eigenvalue weighted by molar-refractivity contribution is 5.94. The van der Waals surface area contributed by atoms with Crippen LogP contribution < -0.4 is 10.1 Å². The molecule has 2 fully saturated rings. The molecule has 3 aromatic rings. The third-order valence-electron chi connectivity index (χ3n) is 7.56. The van der Waals surface area contributed by atoms with E-state index in [0.717, 1.165) is 60.4 Å². The average Bonchev–Trinajstić information content (AvgIpc) is 3.34. The van der Waals surface area contributed by atoms with Crippen molar-refractivity contribution in [1.82, 2.24) is 14.8 Å². The highest BCUT2D eigenvalue weighted by Crippen LogP contribution is 2.38. The van der Waals surface area contributed by atoms with Crippen LogP contribution in [-0.4, -0.2) is 72.7 Å². The quantitative estimate of drug-likeness (QED) is 0.464. The van der Waals surface area contributed by atoms with Crippen molar-refractivity contribution in [2.45, 2.75) is 44.4 Å². The van der Waals surface area contributed by atoms with Gasteiger partial charge in [-0.15, -0.1) is 0 Å². The second kappa shape index (κ2) is 10.5. The maximum absolute atomic E-state index is 12.0. The number of nitrogens with zero attached hydrogens (tertiary/aromatic N) is 2. The number of ether oxygens (including phenoxy) is 3.